The molecule has 6 nitrogen and oxygen atoms in total. The van der Waals surface area contributed by atoms with Gasteiger partial charge in [0.1, 0.15) is 17.3 Å². The molecule has 0 aliphatic heterocycles. The van der Waals surface area contributed by atoms with Gasteiger partial charge in [-0.15, -0.1) is 0 Å². The summed E-state index contributed by atoms with van der Waals surface area (Å²) in [5.74, 6) is 1.52. The van der Waals surface area contributed by atoms with Crippen LogP contribution in [0.1, 0.15) is 16.1 Å². The lowest BCUT2D eigenvalue weighted by atomic mass is 10.2. The first-order valence-corrected chi connectivity index (χ1v) is 6.08. The zero-order chi connectivity index (χ0) is 14.7. The van der Waals surface area contributed by atoms with E-state index in [4.69, 9.17) is 9.47 Å². The number of rotatable bonds is 4. The van der Waals surface area contributed by atoms with Gasteiger partial charge in [-0.2, -0.15) is 5.10 Å². The van der Waals surface area contributed by atoms with Crippen molar-refractivity contribution in [3.63, 3.8) is 0 Å². The van der Waals surface area contributed by atoms with Gasteiger partial charge in [0.25, 0.3) is 5.91 Å². The van der Waals surface area contributed by atoms with Crippen LogP contribution in [0, 0.1) is 6.92 Å². The highest BCUT2D eigenvalue weighted by Crippen LogP contribution is 2.23. The summed E-state index contributed by atoms with van der Waals surface area (Å²) >= 11 is 0. The Kier molecular flexibility index (Phi) is 3.93. The molecule has 1 amide bonds. The first kappa shape index (κ1) is 13.9. The molecule has 0 atom stereocenters. The van der Waals surface area contributed by atoms with Crippen LogP contribution in [-0.2, 0) is 7.05 Å². The van der Waals surface area contributed by atoms with Crippen molar-refractivity contribution >= 4 is 11.7 Å². The smallest absolute Gasteiger partial charge is 0.257 e. The van der Waals surface area contributed by atoms with Crippen molar-refractivity contribution in [1.29, 1.82) is 0 Å². The lowest BCUT2D eigenvalue weighted by Crippen LogP contribution is -2.14. The average Bonchev–Trinajstić information content (AvgIpc) is 2.76. The van der Waals surface area contributed by atoms with E-state index in [1.54, 1.807) is 50.2 Å². The lowest BCUT2D eigenvalue weighted by Gasteiger charge is -2.09. The Morgan fingerprint density at radius 3 is 2.20 bits per heavy atom. The van der Waals surface area contributed by atoms with Gasteiger partial charge in [-0.1, -0.05) is 0 Å². The SMILES string of the molecule is COc1cc(OC)cc(C(=O)Nc2cc(C)nn2C)c1. The predicted molar refractivity (Wildman–Crippen MR) is 75.4 cm³/mol. The monoisotopic (exact) mass is 275 g/mol. The number of benzene rings is 1. The average molecular weight is 275 g/mol. The second-order valence-electron chi connectivity index (χ2n) is 4.35. The summed E-state index contributed by atoms with van der Waals surface area (Å²) in [6.07, 6.45) is 0. The van der Waals surface area contributed by atoms with E-state index >= 15 is 0 Å². The highest BCUT2D eigenvalue weighted by molar-refractivity contribution is 6.04. The molecule has 0 fully saturated rings. The quantitative estimate of drug-likeness (QED) is 0.926. The van der Waals surface area contributed by atoms with E-state index in [0.717, 1.165) is 5.69 Å². The number of anilines is 1. The van der Waals surface area contributed by atoms with E-state index in [-0.39, 0.29) is 5.91 Å². The van der Waals surface area contributed by atoms with Crippen LogP contribution in [0.25, 0.3) is 0 Å². The van der Waals surface area contributed by atoms with Gasteiger partial charge in [-0.3, -0.25) is 9.48 Å². The summed E-state index contributed by atoms with van der Waals surface area (Å²) in [4.78, 5) is 12.2. The standard InChI is InChI=1S/C14H17N3O3/c1-9-5-13(17(2)16-9)15-14(18)10-6-11(19-3)8-12(7-10)20-4/h5-8H,1-4H3,(H,15,18). The number of hydrogen-bond acceptors (Lipinski definition) is 4. The second-order valence-corrected chi connectivity index (χ2v) is 4.35. The summed E-state index contributed by atoms with van der Waals surface area (Å²) in [6, 6.07) is 6.82. The molecule has 6 heteroatoms. The fourth-order valence-corrected chi connectivity index (χ4v) is 1.85. The number of carbonyl (C=O) groups is 1. The van der Waals surface area contributed by atoms with E-state index in [1.807, 2.05) is 6.92 Å². The van der Waals surface area contributed by atoms with Crippen LogP contribution in [0.15, 0.2) is 24.3 Å². The van der Waals surface area contributed by atoms with Crippen molar-refractivity contribution < 1.29 is 14.3 Å². The van der Waals surface area contributed by atoms with Gasteiger partial charge in [0.15, 0.2) is 0 Å². The molecule has 2 rings (SSSR count). The first-order chi connectivity index (χ1) is 9.53. The zero-order valence-corrected chi connectivity index (χ0v) is 11.9. The maximum atomic E-state index is 12.2. The van der Waals surface area contributed by atoms with Gasteiger partial charge >= 0.3 is 0 Å². The Morgan fingerprint density at radius 2 is 1.75 bits per heavy atom. The summed E-state index contributed by atoms with van der Waals surface area (Å²) in [7, 11) is 4.86. The maximum absolute atomic E-state index is 12.2. The number of carbonyl (C=O) groups excluding carboxylic acids is 1. The van der Waals surface area contributed by atoms with Crippen LogP contribution in [0.4, 0.5) is 5.82 Å². The number of aryl methyl sites for hydroxylation is 2. The summed E-state index contributed by atoms with van der Waals surface area (Å²) < 4.78 is 11.9. The Hall–Kier alpha value is -2.50. The number of hydrogen-bond donors (Lipinski definition) is 1. The van der Waals surface area contributed by atoms with Crippen LogP contribution < -0.4 is 14.8 Å². The Labute approximate surface area is 117 Å². The molecule has 0 saturated carbocycles. The van der Waals surface area contributed by atoms with Crippen molar-refractivity contribution in [2.45, 2.75) is 6.92 Å². The summed E-state index contributed by atoms with van der Waals surface area (Å²) in [6.45, 7) is 1.87. The Morgan fingerprint density at radius 1 is 1.15 bits per heavy atom. The predicted octanol–water partition coefficient (Wildman–Crippen LogP) is 2.00. The molecule has 106 valence electrons. The Balaban J connectivity index is 2.26. The zero-order valence-electron chi connectivity index (χ0n) is 11.9. The van der Waals surface area contributed by atoms with Gasteiger partial charge in [-0.25, -0.2) is 0 Å². The molecule has 0 bridgehead atoms. The summed E-state index contributed by atoms with van der Waals surface area (Å²) in [5.41, 5.74) is 1.30. The van der Waals surface area contributed by atoms with E-state index in [0.29, 0.717) is 22.9 Å². The topological polar surface area (TPSA) is 65.4 Å². The molecular formula is C14H17N3O3. The maximum Gasteiger partial charge on any atom is 0.257 e. The number of amides is 1. The summed E-state index contributed by atoms with van der Waals surface area (Å²) in [5, 5.41) is 6.98. The largest absolute Gasteiger partial charge is 0.497 e. The lowest BCUT2D eigenvalue weighted by molar-refractivity contribution is 0.102. The van der Waals surface area contributed by atoms with Gasteiger partial charge in [0.2, 0.25) is 0 Å². The molecular weight excluding hydrogens is 258 g/mol. The van der Waals surface area contributed by atoms with Gasteiger partial charge in [0, 0.05) is 24.7 Å². The van der Waals surface area contributed by atoms with Crippen LogP contribution in [0.3, 0.4) is 0 Å². The van der Waals surface area contributed by atoms with Crippen LogP contribution >= 0.6 is 0 Å². The van der Waals surface area contributed by atoms with Crippen molar-refractivity contribution in [2.75, 3.05) is 19.5 Å². The van der Waals surface area contributed by atoms with E-state index in [9.17, 15) is 4.79 Å². The van der Waals surface area contributed by atoms with Crippen molar-refractivity contribution in [1.82, 2.24) is 9.78 Å². The molecule has 0 spiro atoms. The highest BCUT2D eigenvalue weighted by Gasteiger charge is 2.12. The van der Waals surface area contributed by atoms with Crippen molar-refractivity contribution in [3.05, 3.63) is 35.5 Å². The number of nitrogens with zero attached hydrogens (tertiary/aromatic N) is 2. The molecule has 1 aromatic carbocycles. The van der Waals surface area contributed by atoms with Gasteiger partial charge < -0.3 is 14.8 Å². The molecule has 0 aliphatic carbocycles. The number of ether oxygens (including phenoxy) is 2. The third-order valence-corrected chi connectivity index (χ3v) is 2.86. The normalized spacial score (nSPS) is 10.2. The van der Waals surface area contributed by atoms with Gasteiger partial charge in [0.05, 0.1) is 19.9 Å². The van der Waals surface area contributed by atoms with Crippen molar-refractivity contribution in [3.8, 4) is 11.5 Å². The first-order valence-electron chi connectivity index (χ1n) is 6.08. The molecule has 0 aliphatic rings. The molecule has 1 aromatic heterocycles. The van der Waals surface area contributed by atoms with Crippen LogP contribution in [0.2, 0.25) is 0 Å². The fourth-order valence-electron chi connectivity index (χ4n) is 1.85. The third kappa shape index (κ3) is 2.90. The fraction of sp³-hybridized carbons (Fsp3) is 0.286. The molecule has 2 aromatic rings. The highest BCUT2D eigenvalue weighted by atomic mass is 16.5. The Bertz CT molecular complexity index is 612. The molecule has 1 N–H and O–H groups in total. The van der Waals surface area contributed by atoms with Crippen molar-refractivity contribution in [2.24, 2.45) is 7.05 Å². The number of methoxy groups -OCH3 is 2. The minimum atomic E-state index is -0.245. The molecule has 0 unspecified atom stereocenters. The van der Waals surface area contributed by atoms with E-state index in [1.165, 1.54) is 0 Å². The molecule has 0 radical (unpaired) electrons. The number of nitrogens with one attached hydrogen (secondary N) is 1. The van der Waals surface area contributed by atoms with E-state index in [2.05, 4.69) is 10.4 Å². The van der Waals surface area contributed by atoms with E-state index < -0.39 is 0 Å². The van der Waals surface area contributed by atoms with Crippen LogP contribution in [-0.4, -0.2) is 29.9 Å². The molecule has 1 heterocycles. The van der Waals surface area contributed by atoms with Crippen LogP contribution in [0.5, 0.6) is 11.5 Å². The minimum absolute atomic E-state index is 0.245. The number of aromatic nitrogens is 2. The molecule has 0 saturated heterocycles. The third-order valence-electron chi connectivity index (χ3n) is 2.86. The molecule has 20 heavy (non-hydrogen) atoms. The second kappa shape index (κ2) is 5.64. The van der Waals surface area contributed by atoms with Gasteiger partial charge in [-0.05, 0) is 19.1 Å². The minimum Gasteiger partial charge on any atom is -0.497 e.